The second-order valence-corrected chi connectivity index (χ2v) is 9.37. The maximum absolute atomic E-state index is 13.4. The summed E-state index contributed by atoms with van der Waals surface area (Å²) in [6.07, 6.45) is 3.02. The molecule has 0 bridgehead atoms. The molecule has 0 radical (unpaired) electrons. The highest BCUT2D eigenvalue weighted by atomic mass is 32.2. The van der Waals surface area contributed by atoms with Crippen molar-refractivity contribution in [1.29, 1.82) is 0 Å². The minimum atomic E-state index is -3.95. The zero-order chi connectivity index (χ0) is 25.5. The van der Waals surface area contributed by atoms with Crippen LogP contribution in [0.5, 0.6) is 0 Å². The maximum atomic E-state index is 13.4. The van der Waals surface area contributed by atoms with Crippen LogP contribution in [0.15, 0.2) is 78.0 Å². The summed E-state index contributed by atoms with van der Waals surface area (Å²) in [6, 6.07) is 17.2. The van der Waals surface area contributed by atoms with Crippen molar-refractivity contribution in [3.05, 3.63) is 95.4 Å². The number of sulfonamides is 1. The third-order valence-electron chi connectivity index (χ3n) is 5.20. The van der Waals surface area contributed by atoms with Crippen molar-refractivity contribution in [2.45, 2.75) is 11.8 Å². The molecule has 4 aromatic rings. The fourth-order valence-electron chi connectivity index (χ4n) is 3.45. The second-order valence-electron chi connectivity index (χ2n) is 7.75. The summed E-state index contributed by atoms with van der Waals surface area (Å²) < 4.78 is 39.3. The fourth-order valence-corrected chi connectivity index (χ4v) is 4.94. The van der Waals surface area contributed by atoms with Crippen LogP contribution >= 0.6 is 0 Å². The summed E-state index contributed by atoms with van der Waals surface area (Å²) in [6.45, 7) is 2.17. The highest BCUT2D eigenvalue weighted by Crippen LogP contribution is 2.27. The van der Waals surface area contributed by atoms with Crippen LogP contribution in [-0.4, -0.2) is 44.7 Å². The number of anilines is 1. The molecule has 0 spiro atoms. The van der Waals surface area contributed by atoms with Crippen molar-refractivity contribution in [3.8, 4) is 11.8 Å². The standard InChI is InChI=1S/C27H23N3O5S/c1-19-9-12-22-7-5-15-28-25(22)26(19)36(32,33)30-23-8-4-3-6-21(23)13-10-20-11-14-24(29-18-20)27(31)35-17-16-34-2/h3-9,11-12,14-15,18,30H,16-17H2,1-2H3. The summed E-state index contributed by atoms with van der Waals surface area (Å²) in [5.41, 5.74) is 2.52. The maximum Gasteiger partial charge on any atom is 0.356 e. The molecule has 0 saturated carbocycles. The number of fused-ring (bicyclic) bond motifs is 1. The van der Waals surface area contributed by atoms with Gasteiger partial charge < -0.3 is 9.47 Å². The molecule has 0 aliphatic heterocycles. The van der Waals surface area contributed by atoms with E-state index in [0.717, 1.165) is 5.39 Å². The molecule has 0 saturated heterocycles. The highest BCUT2D eigenvalue weighted by Gasteiger charge is 2.22. The van der Waals surface area contributed by atoms with E-state index in [2.05, 4.69) is 26.5 Å². The number of esters is 1. The van der Waals surface area contributed by atoms with E-state index in [1.165, 1.54) is 19.4 Å². The quantitative estimate of drug-likeness (QED) is 0.232. The molecule has 36 heavy (non-hydrogen) atoms. The summed E-state index contributed by atoms with van der Waals surface area (Å²) >= 11 is 0. The Morgan fingerprint density at radius 2 is 1.81 bits per heavy atom. The molecule has 8 nitrogen and oxygen atoms in total. The van der Waals surface area contributed by atoms with Gasteiger partial charge in [-0.05, 0) is 42.8 Å². The van der Waals surface area contributed by atoms with Crippen LogP contribution in [0, 0.1) is 18.8 Å². The van der Waals surface area contributed by atoms with E-state index < -0.39 is 16.0 Å². The number of nitrogens with one attached hydrogen (secondary N) is 1. The van der Waals surface area contributed by atoms with E-state index in [1.807, 2.05) is 12.1 Å². The highest BCUT2D eigenvalue weighted by molar-refractivity contribution is 7.93. The fraction of sp³-hybridized carbons (Fsp3) is 0.148. The molecule has 1 N–H and O–H groups in total. The summed E-state index contributed by atoms with van der Waals surface area (Å²) in [4.78, 5) is 20.5. The van der Waals surface area contributed by atoms with Gasteiger partial charge >= 0.3 is 5.97 Å². The molecule has 0 atom stereocenters. The Balaban J connectivity index is 1.58. The minimum Gasteiger partial charge on any atom is -0.459 e. The molecular weight excluding hydrogens is 478 g/mol. The smallest absolute Gasteiger partial charge is 0.356 e. The lowest BCUT2D eigenvalue weighted by Gasteiger charge is -2.13. The summed E-state index contributed by atoms with van der Waals surface area (Å²) in [5.74, 6) is 5.38. The molecule has 182 valence electrons. The predicted octanol–water partition coefficient (Wildman–Crippen LogP) is 3.94. The second kappa shape index (κ2) is 11.0. The molecule has 4 rings (SSSR count). The molecule has 9 heteroatoms. The lowest BCUT2D eigenvalue weighted by molar-refractivity contribution is 0.0381. The van der Waals surface area contributed by atoms with E-state index in [0.29, 0.717) is 34.5 Å². The zero-order valence-electron chi connectivity index (χ0n) is 19.7. The van der Waals surface area contributed by atoms with Crippen molar-refractivity contribution >= 4 is 32.6 Å². The van der Waals surface area contributed by atoms with Gasteiger partial charge in [0, 0.05) is 36.0 Å². The third-order valence-corrected chi connectivity index (χ3v) is 6.74. The van der Waals surface area contributed by atoms with Crippen molar-refractivity contribution in [2.24, 2.45) is 0 Å². The lowest BCUT2D eigenvalue weighted by atomic mass is 10.1. The predicted molar refractivity (Wildman–Crippen MR) is 136 cm³/mol. The SMILES string of the molecule is COCCOC(=O)c1ccc(C#Cc2ccccc2NS(=O)(=O)c2c(C)ccc3cccnc23)cn1. The Labute approximate surface area is 209 Å². The first kappa shape index (κ1) is 24.9. The van der Waals surface area contributed by atoms with Gasteiger partial charge in [-0.3, -0.25) is 9.71 Å². The Hall–Kier alpha value is -4.26. The Bertz CT molecular complexity index is 1570. The van der Waals surface area contributed by atoms with Crippen LogP contribution < -0.4 is 4.72 Å². The van der Waals surface area contributed by atoms with Crippen LogP contribution in [0.4, 0.5) is 5.69 Å². The molecule has 2 aromatic carbocycles. The van der Waals surface area contributed by atoms with Gasteiger partial charge in [0.2, 0.25) is 0 Å². The average Bonchev–Trinajstić information content (AvgIpc) is 2.88. The van der Waals surface area contributed by atoms with Gasteiger partial charge in [-0.15, -0.1) is 0 Å². The van der Waals surface area contributed by atoms with Crippen LogP contribution in [0.3, 0.4) is 0 Å². The number of benzene rings is 2. The van der Waals surface area contributed by atoms with Gasteiger partial charge in [0.25, 0.3) is 10.0 Å². The number of carbonyl (C=O) groups is 1. The van der Waals surface area contributed by atoms with E-state index in [-0.39, 0.29) is 17.2 Å². The molecule has 2 heterocycles. The summed E-state index contributed by atoms with van der Waals surface area (Å²) in [7, 11) is -2.44. The van der Waals surface area contributed by atoms with Gasteiger partial charge in [0.05, 0.1) is 17.8 Å². The number of nitrogens with zero attached hydrogens (tertiary/aromatic N) is 2. The minimum absolute atomic E-state index is 0.125. The van der Waals surface area contributed by atoms with Gasteiger partial charge in [0.15, 0.2) is 0 Å². The van der Waals surface area contributed by atoms with Crippen LogP contribution in [0.1, 0.15) is 27.2 Å². The number of methoxy groups -OCH3 is 1. The first-order valence-electron chi connectivity index (χ1n) is 11.0. The number of hydrogen-bond donors (Lipinski definition) is 1. The number of aryl methyl sites for hydroxylation is 1. The number of hydrogen-bond acceptors (Lipinski definition) is 7. The Kier molecular flexibility index (Phi) is 7.59. The third kappa shape index (κ3) is 5.68. The first-order chi connectivity index (χ1) is 17.4. The number of aromatic nitrogens is 2. The molecule has 0 aliphatic rings. The largest absolute Gasteiger partial charge is 0.459 e. The summed E-state index contributed by atoms with van der Waals surface area (Å²) in [5, 5.41) is 0.732. The topological polar surface area (TPSA) is 107 Å². The number of pyridine rings is 2. The van der Waals surface area contributed by atoms with E-state index in [1.54, 1.807) is 55.6 Å². The van der Waals surface area contributed by atoms with Crippen molar-refractivity contribution < 1.29 is 22.7 Å². The average molecular weight is 502 g/mol. The monoisotopic (exact) mass is 501 g/mol. The van der Waals surface area contributed by atoms with Crippen LogP contribution in [-0.2, 0) is 19.5 Å². The molecule has 0 unspecified atom stereocenters. The lowest BCUT2D eigenvalue weighted by Crippen LogP contribution is -2.16. The van der Waals surface area contributed by atoms with Gasteiger partial charge in [0.1, 0.15) is 17.2 Å². The van der Waals surface area contributed by atoms with Crippen molar-refractivity contribution in [3.63, 3.8) is 0 Å². The number of ether oxygens (including phenoxy) is 2. The Morgan fingerprint density at radius 1 is 0.972 bits per heavy atom. The van der Waals surface area contributed by atoms with E-state index in [9.17, 15) is 13.2 Å². The molecular formula is C27H23N3O5S. The number of carbonyl (C=O) groups excluding carboxylic acids is 1. The molecule has 0 amide bonds. The van der Waals surface area contributed by atoms with E-state index in [4.69, 9.17) is 9.47 Å². The van der Waals surface area contributed by atoms with E-state index >= 15 is 0 Å². The van der Waals surface area contributed by atoms with Gasteiger partial charge in [-0.25, -0.2) is 18.2 Å². The Morgan fingerprint density at radius 3 is 2.58 bits per heavy atom. The molecule has 0 fully saturated rings. The molecule has 2 aromatic heterocycles. The van der Waals surface area contributed by atoms with Crippen LogP contribution in [0.25, 0.3) is 10.9 Å². The van der Waals surface area contributed by atoms with Crippen LogP contribution in [0.2, 0.25) is 0 Å². The molecule has 0 aliphatic carbocycles. The van der Waals surface area contributed by atoms with Gasteiger partial charge in [-0.1, -0.05) is 42.2 Å². The van der Waals surface area contributed by atoms with Gasteiger partial charge in [-0.2, -0.15) is 0 Å². The van der Waals surface area contributed by atoms with Crippen molar-refractivity contribution in [2.75, 3.05) is 25.0 Å². The number of para-hydroxylation sites is 1. The first-order valence-corrected chi connectivity index (χ1v) is 12.5. The number of rotatable bonds is 7. The zero-order valence-corrected chi connectivity index (χ0v) is 20.5. The van der Waals surface area contributed by atoms with Crippen molar-refractivity contribution in [1.82, 2.24) is 9.97 Å². The normalized spacial score (nSPS) is 10.9.